The Labute approximate surface area is 117 Å². The maximum Gasteiger partial charge on any atom is 4.00 e. The van der Waals surface area contributed by atoms with Gasteiger partial charge in [0.15, 0.2) is 0 Å². The van der Waals surface area contributed by atoms with Crippen LogP contribution in [0.2, 0.25) is 0 Å². The molecular weight excluding hydrogens is 438 g/mol. The molecule has 0 saturated heterocycles. The van der Waals surface area contributed by atoms with Gasteiger partial charge in [0.2, 0.25) is 0 Å². The van der Waals surface area contributed by atoms with Crippen LogP contribution in [0.15, 0.2) is 0 Å². The Hall–Kier alpha value is 3.20. The van der Waals surface area contributed by atoms with Gasteiger partial charge in [0.1, 0.15) is 0 Å². The molecule has 0 heterocycles. The molecule has 0 aromatic heterocycles. The monoisotopic (exact) mass is 436 g/mol. The molecule has 0 nitrogen and oxygen atoms in total. The predicted octanol–water partition coefficient (Wildman–Crippen LogP) is -18.4. The third kappa shape index (κ3) is 60.4. The topological polar surface area (TPSA) is 0 Å². The Morgan fingerprint density at radius 1 is 0.375 bits per heavy atom. The van der Waals surface area contributed by atoms with E-state index in [0.29, 0.717) is 0 Å². The molecule has 0 aromatic carbocycles. The number of hydrogen-bond donors (Lipinski definition) is 0. The summed E-state index contributed by atoms with van der Waals surface area (Å²) in [5.41, 5.74) is 0. The number of halogens is 6. The maximum atomic E-state index is 0. The van der Waals surface area contributed by atoms with Crippen LogP contribution in [0.1, 0.15) is 0 Å². The Kier molecular flexibility index (Phi) is 1200. The van der Waals surface area contributed by atoms with Gasteiger partial charge in [0, 0.05) is 0 Å². The average molecular weight is 438 g/mol. The smallest absolute Gasteiger partial charge is 1.00 e. The standard InChI is InChI=1S/6ClH.Pd.Sn/h6*1H;;/q;;;;;;+2;+4/p-6. The molecule has 8 heavy (non-hydrogen) atoms. The molecule has 0 saturated carbocycles. The molecule has 0 atom stereocenters. The van der Waals surface area contributed by atoms with Crippen LogP contribution in [0.3, 0.4) is 0 Å². The van der Waals surface area contributed by atoms with Gasteiger partial charge in [-0.1, -0.05) is 0 Å². The minimum absolute atomic E-state index is 0. The van der Waals surface area contributed by atoms with Gasteiger partial charge in [0.05, 0.1) is 0 Å². The summed E-state index contributed by atoms with van der Waals surface area (Å²) >= 11 is 0. The second-order valence-electron chi connectivity index (χ2n) is 0. The van der Waals surface area contributed by atoms with Crippen LogP contribution in [-0.2, 0) is 20.4 Å². The van der Waals surface area contributed by atoms with E-state index in [4.69, 9.17) is 0 Å². The molecule has 0 aliphatic rings. The molecule has 0 rings (SSSR count). The fourth-order valence-corrected chi connectivity index (χ4v) is 0. The van der Waals surface area contributed by atoms with Crippen molar-refractivity contribution < 1.29 is 94.9 Å². The Morgan fingerprint density at radius 3 is 0.375 bits per heavy atom. The van der Waals surface area contributed by atoms with Crippen molar-refractivity contribution in [3.8, 4) is 0 Å². The van der Waals surface area contributed by atoms with Crippen molar-refractivity contribution in [3.63, 3.8) is 0 Å². The van der Waals surface area contributed by atoms with Gasteiger partial charge >= 0.3 is 44.3 Å². The van der Waals surface area contributed by atoms with E-state index in [-0.39, 0.29) is 119 Å². The SMILES string of the molecule is [Cl-].[Cl-].[Cl-].[Cl-].[Cl-].[Cl-].[Pd+2].[Sn+4]. The molecule has 8 heteroatoms. The molecule has 56 valence electrons. The first-order valence-electron chi connectivity index (χ1n) is 0. The molecular formula is Cl6PdSn. The maximum absolute atomic E-state index is 0. The van der Waals surface area contributed by atoms with Crippen LogP contribution in [0.25, 0.3) is 0 Å². The minimum atomic E-state index is 0. The minimum Gasteiger partial charge on any atom is -1.00 e. The van der Waals surface area contributed by atoms with E-state index < -0.39 is 0 Å². The molecule has 0 bridgehead atoms. The van der Waals surface area contributed by atoms with Crippen molar-refractivity contribution in [2.75, 3.05) is 0 Å². The first-order valence-corrected chi connectivity index (χ1v) is 0. The van der Waals surface area contributed by atoms with Gasteiger partial charge in [-0.25, -0.2) is 0 Å². The van der Waals surface area contributed by atoms with Crippen molar-refractivity contribution >= 4 is 23.9 Å². The summed E-state index contributed by atoms with van der Waals surface area (Å²) in [6.07, 6.45) is 0. The first kappa shape index (κ1) is 114. The van der Waals surface area contributed by atoms with Crippen LogP contribution in [0, 0.1) is 0 Å². The summed E-state index contributed by atoms with van der Waals surface area (Å²) in [6.45, 7) is 0. The normalized spacial score (nSPS) is 0. The number of hydrogen-bond acceptors (Lipinski definition) is 0. The van der Waals surface area contributed by atoms with Crippen molar-refractivity contribution in [2.24, 2.45) is 0 Å². The molecule has 0 amide bonds. The van der Waals surface area contributed by atoms with Crippen LogP contribution in [0.5, 0.6) is 0 Å². The van der Waals surface area contributed by atoms with Gasteiger partial charge in [-0.2, -0.15) is 0 Å². The zero-order valence-electron chi connectivity index (χ0n) is 3.08. The van der Waals surface area contributed by atoms with Crippen LogP contribution >= 0.6 is 0 Å². The molecule has 0 fully saturated rings. The molecule has 0 N–H and O–H groups in total. The van der Waals surface area contributed by atoms with Gasteiger partial charge in [-0.05, 0) is 0 Å². The van der Waals surface area contributed by atoms with Crippen molar-refractivity contribution in [3.05, 3.63) is 0 Å². The third-order valence-electron chi connectivity index (χ3n) is 0. The molecule has 0 spiro atoms. The van der Waals surface area contributed by atoms with Gasteiger partial charge in [-0.15, -0.1) is 0 Å². The second kappa shape index (κ2) is 84.3. The average Bonchev–Trinajstić information content (AvgIpc) is 0. The fourth-order valence-electron chi connectivity index (χ4n) is 0. The van der Waals surface area contributed by atoms with Crippen molar-refractivity contribution in [2.45, 2.75) is 0 Å². The fraction of sp³-hybridized carbons (Fsp3) is 0. The zero-order chi connectivity index (χ0) is 0. The Balaban J connectivity index is 0. The van der Waals surface area contributed by atoms with Crippen molar-refractivity contribution in [1.29, 1.82) is 0 Å². The second-order valence-corrected chi connectivity index (χ2v) is 0. The first-order chi connectivity index (χ1) is 0. The Bertz CT molecular complexity index is 8.49. The van der Waals surface area contributed by atoms with Crippen LogP contribution < -0.4 is 74.4 Å². The predicted molar refractivity (Wildman–Crippen MR) is 5.75 cm³/mol. The summed E-state index contributed by atoms with van der Waals surface area (Å²) in [5, 5.41) is 0. The van der Waals surface area contributed by atoms with Gasteiger partial charge in [0.25, 0.3) is 0 Å². The van der Waals surface area contributed by atoms with Crippen LogP contribution in [-0.4, -0.2) is 23.9 Å². The summed E-state index contributed by atoms with van der Waals surface area (Å²) < 4.78 is 0. The van der Waals surface area contributed by atoms with E-state index >= 15 is 0 Å². The van der Waals surface area contributed by atoms with E-state index in [1.54, 1.807) is 0 Å². The van der Waals surface area contributed by atoms with Crippen LogP contribution in [0.4, 0.5) is 0 Å². The van der Waals surface area contributed by atoms with Gasteiger partial charge in [-0.3, -0.25) is 0 Å². The quantitative estimate of drug-likeness (QED) is 0.330. The third-order valence-corrected chi connectivity index (χ3v) is 0. The van der Waals surface area contributed by atoms with Gasteiger partial charge < -0.3 is 74.4 Å². The summed E-state index contributed by atoms with van der Waals surface area (Å²) in [5.74, 6) is 0. The molecule has 0 aliphatic carbocycles. The van der Waals surface area contributed by atoms with E-state index in [1.807, 2.05) is 0 Å². The largest absolute Gasteiger partial charge is 4.00 e. The summed E-state index contributed by atoms with van der Waals surface area (Å²) in [4.78, 5) is 0. The summed E-state index contributed by atoms with van der Waals surface area (Å²) in [6, 6.07) is 0. The van der Waals surface area contributed by atoms with E-state index in [1.165, 1.54) is 0 Å². The Morgan fingerprint density at radius 2 is 0.375 bits per heavy atom. The van der Waals surface area contributed by atoms with E-state index in [0.717, 1.165) is 0 Å². The molecule has 0 aliphatic heterocycles. The van der Waals surface area contributed by atoms with E-state index in [2.05, 4.69) is 0 Å². The molecule has 0 aromatic rings. The zero-order valence-corrected chi connectivity index (χ0v) is 12.0. The number of rotatable bonds is 0. The molecule has 0 radical (unpaired) electrons. The van der Waals surface area contributed by atoms with E-state index in [9.17, 15) is 0 Å². The summed E-state index contributed by atoms with van der Waals surface area (Å²) in [7, 11) is 0. The molecule has 0 unspecified atom stereocenters. The van der Waals surface area contributed by atoms with Crippen molar-refractivity contribution in [1.82, 2.24) is 0 Å².